The molecule has 0 radical (unpaired) electrons. The van der Waals surface area contributed by atoms with Gasteiger partial charge in [0.2, 0.25) is 5.95 Å². The number of carbonyl (C=O) groups is 1. The first-order valence-electron chi connectivity index (χ1n) is 8.91. The largest absolute Gasteiger partial charge is 0.352 e. The summed E-state index contributed by atoms with van der Waals surface area (Å²) in [6.07, 6.45) is 4.91. The average Bonchev–Trinajstić information content (AvgIpc) is 3.35. The van der Waals surface area contributed by atoms with Crippen LogP contribution in [-0.2, 0) is 0 Å². The molecular formula is C18H15ClF3N7O. The summed E-state index contributed by atoms with van der Waals surface area (Å²) < 4.78 is 43.0. The van der Waals surface area contributed by atoms with E-state index in [2.05, 4.69) is 25.5 Å². The Morgan fingerprint density at radius 1 is 1.23 bits per heavy atom. The standard InChI is InChI=1S/C18H15ClF3N7O/c19-11-8-23-17(24-9-11)25-10-15-18(21,22)3-6-28(15)16(30)13-7-12(20)1-2-14(13)29-26-4-5-27-29/h1-2,4-5,7-9,15H,3,6,10H2,(H,23,24,25). The Hall–Kier alpha value is -3.21. The van der Waals surface area contributed by atoms with Crippen LogP contribution in [-0.4, -0.2) is 60.8 Å². The Morgan fingerprint density at radius 2 is 1.93 bits per heavy atom. The van der Waals surface area contributed by atoms with Gasteiger partial charge >= 0.3 is 0 Å². The van der Waals surface area contributed by atoms with E-state index in [9.17, 15) is 18.0 Å². The number of hydrogen-bond acceptors (Lipinski definition) is 6. The van der Waals surface area contributed by atoms with Crippen molar-refractivity contribution in [3.05, 3.63) is 59.4 Å². The highest BCUT2D eigenvalue weighted by atomic mass is 35.5. The van der Waals surface area contributed by atoms with Crippen molar-refractivity contribution in [2.75, 3.05) is 18.4 Å². The van der Waals surface area contributed by atoms with E-state index in [0.29, 0.717) is 5.02 Å². The maximum atomic E-state index is 14.6. The molecule has 1 aliphatic heterocycles. The molecule has 0 aliphatic carbocycles. The molecule has 1 fully saturated rings. The summed E-state index contributed by atoms with van der Waals surface area (Å²) in [5.74, 6) is -4.47. The van der Waals surface area contributed by atoms with Crippen LogP contribution in [0.2, 0.25) is 5.02 Å². The molecule has 0 saturated carbocycles. The molecule has 3 aromatic rings. The Balaban J connectivity index is 1.61. The van der Waals surface area contributed by atoms with Crippen LogP contribution in [0.25, 0.3) is 5.69 Å². The number of anilines is 1. The van der Waals surface area contributed by atoms with Crippen LogP contribution in [0.5, 0.6) is 0 Å². The molecule has 1 unspecified atom stereocenters. The first-order valence-corrected chi connectivity index (χ1v) is 9.29. The van der Waals surface area contributed by atoms with Crippen LogP contribution in [0.1, 0.15) is 16.8 Å². The summed E-state index contributed by atoms with van der Waals surface area (Å²) in [5, 5.41) is 10.9. The molecule has 1 atom stereocenters. The number of hydrogen-bond donors (Lipinski definition) is 1. The summed E-state index contributed by atoms with van der Waals surface area (Å²) in [5.41, 5.74) is 0.0750. The molecule has 2 aromatic heterocycles. The van der Waals surface area contributed by atoms with E-state index in [1.54, 1.807) is 0 Å². The molecular weight excluding hydrogens is 423 g/mol. The number of benzene rings is 1. The number of carbonyl (C=O) groups excluding carboxylic acids is 1. The smallest absolute Gasteiger partial charge is 0.271 e. The fraction of sp³-hybridized carbons (Fsp3) is 0.278. The SMILES string of the molecule is O=C(c1cc(F)ccc1-n1nccn1)N1CCC(F)(F)C1CNc1ncc(Cl)cn1. The van der Waals surface area contributed by atoms with Crippen LogP contribution < -0.4 is 5.32 Å². The van der Waals surface area contributed by atoms with Crippen LogP contribution in [0, 0.1) is 5.82 Å². The Kier molecular flexibility index (Phi) is 5.29. The van der Waals surface area contributed by atoms with Crippen molar-refractivity contribution in [3.8, 4) is 5.69 Å². The van der Waals surface area contributed by atoms with Gasteiger partial charge in [0.15, 0.2) is 0 Å². The number of halogens is 4. The van der Waals surface area contributed by atoms with Crippen molar-refractivity contribution in [3.63, 3.8) is 0 Å². The van der Waals surface area contributed by atoms with Gasteiger partial charge in [-0.3, -0.25) is 4.79 Å². The predicted molar refractivity (Wildman–Crippen MR) is 101 cm³/mol. The van der Waals surface area contributed by atoms with Gasteiger partial charge in [0.25, 0.3) is 11.8 Å². The molecule has 12 heteroatoms. The normalized spacial score (nSPS) is 17.9. The maximum Gasteiger partial charge on any atom is 0.271 e. The van der Waals surface area contributed by atoms with Gasteiger partial charge in [-0.2, -0.15) is 15.0 Å². The minimum absolute atomic E-state index is 0.0988. The molecule has 1 aromatic carbocycles. The number of nitrogens with one attached hydrogen (secondary N) is 1. The van der Waals surface area contributed by atoms with E-state index >= 15 is 0 Å². The number of amides is 1. The van der Waals surface area contributed by atoms with Gasteiger partial charge in [0.05, 0.1) is 41.1 Å². The van der Waals surface area contributed by atoms with Crippen LogP contribution in [0.3, 0.4) is 0 Å². The lowest BCUT2D eigenvalue weighted by molar-refractivity contribution is -0.0249. The van der Waals surface area contributed by atoms with Crippen molar-refractivity contribution in [2.45, 2.75) is 18.4 Å². The molecule has 1 aliphatic rings. The zero-order valence-electron chi connectivity index (χ0n) is 15.3. The van der Waals surface area contributed by atoms with Crippen molar-refractivity contribution in [2.24, 2.45) is 0 Å². The monoisotopic (exact) mass is 437 g/mol. The third-order valence-corrected chi connectivity index (χ3v) is 4.90. The highest BCUT2D eigenvalue weighted by molar-refractivity contribution is 6.30. The van der Waals surface area contributed by atoms with E-state index in [4.69, 9.17) is 11.6 Å². The number of rotatable bonds is 5. The zero-order valence-corrected chi connectivity index (χ0v) is 16.1. The molecule has 0 bridgehead atoms. The molecule has 30 heavy (non-hydrogen) atoms. The lowest BCUT2D eigenvalue weighted by atomic mass is 10.1. The first-order chi connectivity index (χ1) is 14.3. The third-order valence-electron chi connectivity index (χ3n) is 4.71. The van der Waals surface area contributed by atoms with Gasteiger partial charge in [-0.05, 0) is 18.2 Å². The number of alkyl halides is 2. The summed E-state index contributed by atoms with van der Waals surface area (Å²) in [7, 11) is 0. The van der Waals surface area contributed by atoms with Gasteiger partial charge in [0.1, 0.15) is 11.9 Å². The Morgan fingerprint density at radius 3 is 2.63 bits per heavy atom. The van der Waals surface area contributed by atoms with Crippen molar-refractivity contribution in [1.29, 1.82) is 0 Å². The van der Waals surface area contributed by atoms with Crippen molar-refractivity contribution >= 4 is 23.5 Å². The van der Waals surface area contributed by atoms with E-state index in [0.717, 1.165) is 21.8 Å². The summed E-state index contributed by atoms with van der Waals surface area (Å²) in [6, 6.07) is 1.98. The fourth-order valence-electron chi connectivity index (χ4n) is 3.26. The highest BCUT2D eigenvalue weighted by Crippen LogP contribution is 2.35. The van der Waals surface area contributed by atoms with Gasteiger partial charge in [-0.1, -0.05) is 11.6 Å². The number of aromatic nitrogens is 5. The summed E-state index contributed by atoms with van der Waals surface area (Å²) in [6.45, 7) is -0.493. The first kappa shape index (κ1) is 20.1. The van der Waals surface area contributed by atoms with Gasteiger partial charge in [-0.25, -0.2) is 23.1 Å². The van der Waals surface area contributed by atoms with Crippen LogP contribution in [0.15, 0.2) is 43.0 Å². The average molecular weight is 438 g/mol. The van der Waals surface area contributed by atoms with Crippen LogP contribution >= 0.6 is 11.6 Å². The van der Waals surface area contributed by atoms with E-state index in [1.165, 1.54) is 30.9 Å². The topological polar surface area (TPSA) is 88.8 Å². The van der Waals surface area contributed by atoms with Crippen molar-refractivity contribution < 1.29 is 18.0 Å². The van der Waals surface area contributed by atoms with E-state index in [1.807, 2.05) is 0 Å². The Bertz CT molecular complexity index is 1050. The fourth-order valence-corrected chi connectivity index (χ4v) is 3.36. The Labute approximate surface area is 173 Å². The van der Waals surface area contributed by atoms with Crippen LogP contribution in [0.4, 0.5) is 19.1 Å². The maximum absolute atomic E-state index is 14.6. The lowest BCUT2D eigenvalue weighted by Gasteiger charge is -2.28. The predicted octanol–water partition coefficient (Wildman–Crippen LogP) is 2.81. The lowest BCUT2D eigenvalue weighted by Crippen LogP contribution is -2.47. The second-order valence-corrected chi connectivity index (χ2v) is 7.05. The molecule has 156 valence electrons. The second kappa shape index (κ2) is 7.90. The molecule has 3 heterocycles. The zero-order chi connectivity index (χ0) is 21.3. The minimum atomic E-state index is -3.15. The van der Waals surface area contributed by atoms with E-state index < -0.39 is 30.1 Å². The van der Waals surface area contributed by atoms with E-state index in [-0.39, 0.29) is 30.3 Å². The summed E-state index contributed by atoms with van der Waals surface area (Å²) >= 11 is 5.72. The quantitative estimate of drug-likeness (QED) is 0.660. The molecule has 4 rings (SSSR count). The van der Waals surface area contributed by atoms with Gasteiger partial charge in [0, 0.05) is 19.5 Å². The van der Waals surface area contributed by atoms with Gasteiger partial charge < -0.3 is 10.2 Å². The number of likely N-dealkylation sites (tertiary alicyclic amines) is 1. The molecule has 8 nitrogen and oxygen atoms in total. The molecule has 0 spiro atoms. The van der Waals surface area contributed by atoms with Gasteiger partial charge in [-0.15, -0.1) is 0 Å². The molecule has 1 saturated heterocycles. The second-order valence-electron chi connectivity index (χ2n) is 6.61. The minimum Gasteiger partial charge on any atom is -0.352 e. The molecule has 1 N–H and O–H groups in total. The highest BCUT2D eigenvalue weighted by Gasteiger charge is 2.51. The third kappa shape index (κ3) is 3.92. The number of nitrogens with zero attached hydrogens (tertiary/aromatic N) is 6. The molecule has 1 amide bonds. The van der Waals surface area contributed by atoms with Crippen molar-refractivity contribution in [1.82, 2.24) is 29.9 Å². The summed E-state index contributed by atoms with van der Waals surface area (Å²) in [4.78, 5) is 23.1.